The van der Waals surface area contributed by atoms with E-state index in [1.165, 1.54) is 6.07 Å². The smallest absolute Gasteiger partial charge is 0.228 e. The summed E-state index contributed by atoms with van der Waals surface area (Å²) in [6.45, 7) is 0. The fourth-order valence-electron chi connectivity index (χ4n) is 1.05. The molecule has 0 aliphatic carbocycles. The zero-order valence-corrected chi connectivity index (χ0v) is 9.77. The van der Waals surface area contributed by atoms with Gasteiger partial charge in [0.05, 0.1) is 4.90 Å². The van der Waals surface area contributed by atoms with E-state index in [1.807, 2.05) is 0 Å². The van der Waals surface area contributed by atoms with Gasteiger partial charge in [0.2, 0.25) is 11.2 Å². The summed E-state index contributed by atoms with van der Waals surface area (Å²) in [4.78, 5) is 11.3. The maximum atomic E-state index is 13.3. The number of rotatable bonds is 2. The predicted octanol–water partition coefficient (Wildman–Crippen LogP) is 2.54. The number of hydrogen-bond acceptors (Lipinski definition) is 5. The van der Waals surface area contributed by atoms with Crippen molar-refractivity contribution in [3.63, 3.8) is 0 Å². The highest BCUT2D eigenvalue weighted by molar-refractivity contribution is 7.99. The van der Waals surface area contributed by atoms with E-state index in [4.69, 9.17) is 17.3 Å². The van der Waals surface area contributed by atoms with E-state index in [0.717, 1.165) is 23.9 Å². The monoisotopic (exact) mass is 274 g/mol. The Bertz CT molecular complexity index is 546. The van der Waals surface area contributed by atoms with Crippen LogP contribution in [0.3, 0.4) is 0 Å². The van der Waals surface area contributed by atoms with Gasteiger partial charge in [-0.05, 0) is 35.5 Å². The number of nitrogens with two attached hydrogens (primary N) is 1. The van der Waals surface area contributed by atoms with E-state index in [-0.39, 0.29) is 21.3 Å². The highest BCUT2D eigenvalue weighted by atomic mass is 35.5. The first-order chi connectivity index (χ1) is 8.04. The van der Waals surface area contributed by atoms with Gasteiger partial charge < -0.3 is 5.73 Å². The van der Waals surface area contributed by atoms with Gasteiger partial charge in [-0.1, -0.05) is 0 Å². The number of aromatic nitrogens is 3. The van der Waals surface area contributed by atoms with Gasteiger partial charge >= 0.3 is 0 Å². The molecular formula is C9H5ClF2N4S. The van der Waals surface area contributed by atoms with Gasteiger partial charge in [0.25, 0.3) is 0 Å². The summed E-state index contributed by atoms with van der Waals surface area (Å²) in [6.07, 6.45) is 0. The molecule has 0 amide bonds. The van der Waals surface area contributed by atoms with Gasteiger partial charge in [0.1, 0.15) is 11.6 Å². The molecule has 2 N–H and O–H groups in total. The minimum Gasteiger partial charge on any atom is -0.368 e. The van der Waals surface area contributed by atoms with E-state index in [9.17, 15) is 8.78 Å². The van der Waals surface area contributed by atoms with Crippen LogP contribution in [-0.4, -0.2) is 15.0 Å². The third-order valence-corrected chi connectivity index (χ3v) is 2.79. The maximum absolute atomic E-state index is 13.3. The molecule has 0 atom stereocenters. The standard InChI is InChI=1S/C9H5ClF2N4S/c10-7-14-8(13)16-9(15-7)17-6-2-1-4(11)3-5(6)12/h1-3H,(H2,13,14,15,16). The van der Waals surface area contributed by atoms with Gasteiger partial charge in [0.15, 0.2) is 5.16 Å². The van der Waals surface area contributed by atoms with Crippen LogP contribution in [0, 0.1) is 11.6 Å². The van der Waals surface area contributed by atoms with Crippen LogP contribution < -0.4 is 5.73 Å². The van der Waals surface area contributed by atoms with E-state index in [2.05, 4.69) is 15.0 Å². The maximum Gasteiger partial charge on any atom is 0.228 e. The quantitative estimate of drug-likeness (QED) is 0.912. The second-order valence-corrected chi connectivity index (χ2v) is 4.27. The molecule has 1 aromatic heterocycles. The first-order valence-electron chi connectivity index (χ1n) is 4.34. The lowest BCUT2D eigenvalue weighted by molar-refractivity contribution is 0.565. The number of nitrogens with zero attached hydrogens (tertiary/aromatic N) is 3. The molecule has 0 aliphatic rings. The van der Waals surface area contributed by atoms with Crippen molar-refractivity contribution in [2.45, 2.75) is 10.1 Å². The Morgan fingerprint density at radius 3 is 2.59 bits per heavy atom. The van der Waals surface area contributed by atoms with Gasteiger partial charge in [-0.25, -0.2) is 8.78 Å². The van der Waals surface area contributed by atoms with Crippen LogP contribution in [0.2, 0.25) is 5.28 Å². The van der Waals surface area contributed by atoms with Crippen LogP contribution in [-0.2, 0) is 0 Å². The molecule has 17 heavy (non-hydrogen) atoms. The van der Waals surface area contributed by atoms with E-state index < -0.39 is 11.6 Å². The van der Waals surface area contributed by atoms with Gasteiger partial charge in [0, 0.05) is 6.07 Å². The SMILES string of the molecule is Nc1nc(Cl)nc(Sc2ccc(F)cc2F)n1. The molecule has 2 aromatic rings. The van der Waals surface area contributed by atoms with Gasteiger partial charge in [-0.15, -0.1) is 0 Å². The third-order valence-electron chi connectivity index (χ3n) is 1.70. The van der Waals surface area contributed by atoms with Gasteiger partial charge in [-0.2, -0.15) is 15.0 Å². The lowest BCUT2D eigenvalue weighted by Gasteiger charge is -2.02. The molecule has 0 aliphatic heterocycles. The van der Waals surface area contributed by atoms with Crippen molar-refractivity contribution in [2.75, 3.05) is 5.73 Å². The highest BCUT2D eigenvalue weighted by Gasteiger charge is 2.09. The zero-order valence-electron chi connectivity index (χ0n) is 8.19. The predicted molar refractivity (Wildman–Crippen MR) is 59.7 cm³/mol. The summed E-state index contributed by atoms with van der Waals surface area (Å²) in [5.41, 5.74) is 5.36. The topological polar surface area (TPSA) is 64.7 Å². The van der Waals surface area contributed by atoms with Crippen molar-refractivity contribution in [2.24, 2.45) is 0 Å². The molecule has 0 bridgehead atoms. The summed E-state index contributed by atoms with van der Waals surface area (Å²) < 4.78 is 26.0. The molecule has 4 nitrogen and oxygen atoms in total. The molecular weight excluding hydrogens is 270 g/mol. The molecule has 1 aromatic carbocycles. The average molecular weight is 275 g/mol. The Kier molecular flexibility index (Phi) is 3.39. The Hall–Kier alpha value is -1.47. The Balaban J connectivity index is 2.31. The van der Waals surface area contributed by atoms with Crippen LogP contribution in [0.15, 0.2) is 28.3 Å². The number of halogens is 3. The van der Waals surface area contributed by atoms with Crippen molar-refractivity contribution in [1.82, 2.24) is 15.0 Å². The van der Waals surface area contributed by atoms with Crippen LogP contribution in [0.4, 0.5) is 14.7 Å². The minimum atomic E-state index is -0.704. The average Bonchev–Trinajstić information content (AvgIpc) is 2.21. The van der Waals surface area contributed by atoms with Crippen molar-refractivity contribution in [3.8, 4) is 0 Å². The van der Waals surface area contributed by atoms with Crippen LogP contribution >= 0.6 is 23.4 Å². The zero-order chi connectivity index (χ0) is 12.4. The second-order valence-electron chi connectivity index (χ2n) is 2.92. The van der Waals surface area contributed by atoms with Crippen molar-refractivity contribution < 1.29 is 8.78 Å². The van der Waals surface area contributed by atoms with Crippen molar-refractivity contribution in [3.05, 3.63) is 35.1 Å². The summed E-state index contributed by atoms with van der Waals surface area (Å²) in [6, 6.07) is 3.19. The fraction of sp³-hybridized carbons (Fsp3) is 0. The molecule has 8 heteroatoms. The highest BCUT2D eigenvalue weighted by Crippen LogP contribution is 2.28. The first-order valence-corrected chi connectivity index (χ1v) is 5.54. The number of anilines is 1. The fourth-order valence-corrected chi connectivity index (χ4v) is 2.03. The second kappa shape index (κ2) is 4.80. The summed E-state index contributed by atoms with van der Waals surface area (Å²) in [5.74, 6) is -1.42. The summed E-state index contributed by atoms with van der Waals surface area (Å²) in [5, 5.41) is 0.0653. The van der Waals surface area contributed by atoms with E-state index in [0.29, 0.717) is 0 Å². The molecule has 0 saturated heterocycles. The van der Waals surface area contributed by atoms with E-state index in [1.54, 1.807) is 0 Å². The molecule has 0 radical (unpaired) electrons. The number of nitrogen functional groups attached to an aromatic ring is 1. The van der Waals surface area contributed by atoms with Crippen molar-refractivity contribution in [1.29, 1.82) is 0 Å². The summed E-state index contributed by atoms with van der Waals surface area (Å²) >= 11 is 6.45. The van der Waals surface area contributed by atoms with Crippen LogP contribution in [0.25, 0.3) is 0 Å². The van der Waals surface area contributed by atoms with E-state index >= 15 is 0 Å². The first kappa shape index (κ1) is 12.0. The van der Waals surface area contributed by atoms with Crippen LogP contribution in [0.1, 0.15) is 0 Å². The number of hydrogen-bond donors (Lipinski definition) is 1. The molecule has 1 heterocycles. The van der Waals surface area contributed by atoms with Crippen molar-refractivity contribution >= 4 is 29.3 Å². The molecule has 0 spiro atoms. The molecule has 0 saturated carbocycles. The normalized spacial score (nSPS) is 10.5. The lowest BCUT2D eigenvalue weighted by atomic mass is 10.3. The third kappa shape index (κ3) is 3.01. The number of benzene rings is 1. The Morgan fingerprint density at radius 1 is 1.18 bits per heavy atom. The molecule has 0 fully saturated rings. The molecule has 88 valence electrons. The molecule has 2 rings (SSSR count). The minimum absolute atomic E-state index is 0.0602. The molecule has 0 unspecified atom stereocenters. The van der Waals surface area contributed by atoms with Gasteiger partial charge in [-0.3, -0.25) is 0 Å². The Morgan fingerprint density at radius 2 is 1.94 bits per heavy atom. The summed E-state index contributed by atoms with van der Waals surface area (Å²) in [7, 11) is 0. The largest absolute Gasteiger partial charge is 0.368 e. The Labute approximate surface area is 104 Å². The van der Waals surface area contributed by atoms with Crippen LogP contribution in [0.5, 0.6) is 0 Å². The lowest BCUT2D eigenvalue weighted by Crippen LogP contribution is -1.99.